The summed E-state index contributed by atoms with van der Waals surface area (Å²) in [5, 5.41) is 0. The van der Waals surface area contributed by atoms with Crippen LogP contribution in [-0.4, -0.2) is 87.8 Å². The summed E-state index contributed by atoms with van der Waals surface area (Å²) in [6.45, 7) is 0.785. The molecule has 33 heavy (non-hydrogen) atoms. The van der Waals surface area contributed by atoms with Crippen molar-refractivity contribution in [1.82, 2.24) is 14.1 Å². The zero-order chi connectivity index (χ0) is 24.2. The molecule has 3 rings (SSSR count). The highest BCUT2D eigenvalue weighted by atomic mass is 79.9. The van der Waals surface area contributed by atoms with Crippen molar-refractivity contribution in [3.05, 3.63) is 53.0 Å². The SMILES string of the molecule is COC(=O)C1CN(CCCN(C)C)C(=O)CN1S(=O)(=O)c1ccc(-c2ccc(Br)cc2)cc1. The van der Waals surface area contributed by atoms with Crippen LogP contribution in [0.15, 0.2) is 57.9 Å². The Labute approximate surface area is 203 Å². The van der Waals surface area contributed by atoms with E-state index in [1.807, 2.05) is 43.3 Å². The van der Waals surface area contributed by atoms with Gasteiger partial charge in [-0.25, -0.2) is 8.42 Å². The molecule has 1 atom stereocenters. The molecule has 1 aliphatic rings. The zero-order valence-electron chi connectivity index (χ0n) is 18.9. The minimum atomic E-state index is -4.09. The van der Waals surface area contributed by atoms with Crippen LogP contribution in [0, 0.1) is 0 Å². The molecule has 1 saturated heterocycles. The minimum absolute atomic E-state index is 0.0196. The van der Waals surface area contributed by atoms with E-state index in [1.54, 1.807) is 12.1 Å². The number of benzene rings is 2. The summed E-state index contributed by atoms with van der Waals surface area (Å²) in [4.78, 5) is 28.8. The van der Waals surface area contributed by atoms with Crippen molar-refractivity contribution in [2.75, 3.05) is 47.4 Å². The number of rotatable bonds is 8. The van der Waals surface area contributed by atoms with E-state index in [9.17, 15) is 18.0 Å². The first-order valence-electron chi connectivity index (χ1n) is 10.5. The van der Waals surface area contributed by atoms with E-state index in [0.717, 1.165) is 32.9 Å². The van der Waals surface area contributed by atoms with Crippen LogP contribution in [0.3, 0.4) is 0 Å². The summed E-state index contributed by atoms with van der Waals surface area (Å²) in [6, 6.07) is 13.0. The third-order valence-corrected chi connectivity index (χ3v) is 7.93. The van der Waals surface area contributed by atoms with Gasteiger partial charge in [-0.2, -0.15) is 4.31 Å². The molecule has 1 unspecified atom stereocenters. The average molecular weight is 538 g/mol. The van der Waals surface area contributed by atoms with Crippen molar-refractivity contribution >= 4 is 37.8 Å². The van der Waals surface area contributed by atoms with Gasteiger partial charge in [0.1, 0.15) is 6.04 Å². The first kappa shape index (κ1) is 25.4. The smallest absolute Gasteiger partial charge is 0.326 e. The van der Waals surface area contributed by atoms with Gasteiger partial charge in [0.2, 0.25) is 15.9 Å². The lowest BCUT2D eigenvalue weighted by Gasteiger charge is -2.38. The first-order valence-corrected chi connectivity index (χ1v) is 12.7. The lowest BCUT2D eigenvalue weighted by molar-refractivity contribution is -0.151. The number of carbonyl (C=O) groups is 2. The second-order valence-corrected chi connectivity index (χ2v) is 10.9. The Morgan fingerprint density at radius 1 is 1.09 bits per heavy atom. The van der Waals surface area contributed by atoms with Crippen molar-refractivity contribution in [3.8, 4) is 11.1 Å². The Kier molecular flexibility index (Phi) is 8.28. The monoisotopic (exact) mass is 537 g/mol. The van der Waals surface area contributed by atoms with Crippen LogP contribution in [0.4, 0.5) is 0 Å². The van der Waals surface area contributed by atoms with Crippen LogP contribution in [0.25, 0.3) is 11.1 Å². The number of hydrogen-bond acceptors (Lipinski definition) is 6. The van der Waals surface area contributed by atoms with Crippen molar-refractivity contribution in [3.63, 3.8) is 0 Å². The third kappa shape index (κ3) is 6.00. The molecule has 8 nitrogen and oxygen atoms in total. The highest BCUT2D eigenvalue weighted by Crippen LogP contribution is 2.27. The minimum Gasteiger partial charge on any atom is -0.468 e. The molecule has 0 spiro atoms. The van der Waals surface area contributed by atoms with Gasteiger partial charge in [0, 0.05) is 17.6 Å². The Hall–Kier alpha value is -2.27. The second kappa shape index (κ2) is 10.8. The lowest BCUT2D eigenvalue weighted by atomic mass is 10.1. The number of sulfonamides is 1. The molecule has 0 N–H and O–H groups in total. The van der Waals surface area contributed by atoms with E-state index in [-0.39, 0.29) is 17.3 Å². The van der Waals surface area contributed by atoms with Gasteiger partial charge in [0.25, 0.3) is 0 Å². The van der Waals surface area contributed by atoms with Crippen molar-refractivity contribution in [2.24, 2.45) is 0 Å². The number of carbonyl (C=O) groups excluding carboxylic acids is 2. The molecule has 1 fully saturated rings. The Bertz CT molecular complexity index is 1090. The predicted molar refractivity (Wildman–Crippen MR) is 129 cm³/mol. The Balaban J connectivity index is 1.83. The summed E-state index contributed by atoms with van der Waals surface area (Å²) < 4.78 is 33.6. The van der Waals surface area contributed by atoms with Gasteiger partial charge in [0.05, 0.1) is 18.6 Å². The van der Waals surface area contributed by atoms with Gasteiger partial charge >= 0.3 is 5.97 Å². The number of esters is 1. The fourth-order valence-electron chi connectivity index (χ4n) is 3.72. The quantitative estimate of drug-likeness (QED) is 0.480. The molecule has 2 aromatic rings. The Morgan fingerprint density at radius 2 is 1.67 bits per heavy atom. The van der Waals surface area contributed by atoms with E-state index < -0.39 is 28.6 Å². The van der Waals surface area contributed by atoms with Gasteiger partial charge in [-0.05, 0) is 62.5 Å². The van der Waals surface area contributed by atoms with Crippen LogP contribution in [0.2, 0.25) is 0 Å². The van der Waals surface area contributed by atoms with Crippen LogP contribution < -0.4 is 0 Å². The topological polar surface area (TPSA) is 87.2 Å². The molecule has 0 saturated carbocycles. The molecule has 0 radical (unpaired) electrons. The number of amides is 1. The lowest BCUT2D eigenvalue weighted by Crippen LogP contribution is -2.60. The Morgan fingerprint density at radius 3 is 2.21 bits per heavy atom. The molecule has 1 aliphatic heterocycles. The fraction of sp³-hybridized carbons (Fsp3) is 0.391. The summed E-state index contributed by atoms with van der Waals surface area (Å²) in [7, 11) is 0.994. The average Bonchev–Trinajstić information content (AvgIpc) is 2.79. The van der Waals surface area contributed by atoms with Crippen molar-refractivity contribution in [2.45, 2.75) is 17.4 Å². The first-order chi connectivity index (χ1) is 15.6. The zero-order valence-corrected chi connectivity index (χ0v) is 21.3. The number of piperazine rings is 1. The van der Waals surface area contributed by atoms with Crippen molar-refractivity contribution < 1.29 is 22.7 Å². The fourth-order valence-corrected chi connectivity index (χ4v) is 5.50. The molecular formula is C23H28BrN3O5S. The molecule has 10 heteroatoms. The number of halogens is 1. The predicted octanol–water partition coefficient (Wildman–Crippen LogP) is 2.44. The molecule has 0 aromatic heterocycles. The van der Waals surface area contributed by atoms with E-state index in [1.165, 1.54) is 24.1 Å². The molecule has 2 aromatic carbocycles. The maximum Gasteiger partial charge on any atom is 0.326 e. The summed E-state index contributed by atoms with van der Waals surface area (Å²) >= 11 is 3.40. The number of methoxy groups -OCH3 is 1. The number of ether oxygens (including phenoxy) is 1. The highest BCUT2D eigenvalue weighted by molar-refractivity contribution is 9.10. The number of hydrogen-bond donors (Lipinski definition) is 0. The molecule has 1 amide bonds. The molecular weight excluding hydrogens is 510 g/mol. The van der Waals surface area contributed by atoms with Gasteiger partial charge in [-0.15, -0.1) is 0 Å². The van der Waals surface area contributed by atoms with Crippen molar-refractivity contribution in [1.29, 1.82) is 0 Å². The van der Waals surface area contributed by atoms with Gasteiger partial charge in [-0.1, -0.05) is 40.2 Å². The van der Waals surface area contributed by atoms with Crippen LogP contribution in [-0.2, 0) is 24.3 Å². The normalized spacial score (nSPS) is 17.4. The molecule has 1 heterocycles. The van der Waals surface area contributed by atoms with Crippen LogP contribution >= 0.6 is 15.9 Å². The maximum atomic E-state index is 13.4. The van der Waals surface area contributed by atoms with Gasteiger partial charge < -0.3 is 14.5 Å². The van der Waals surface area contributed by atoms with Gasteiger partial charge in [-0.3, -0.25) is 9.59 Å². The standard InChI is InChI=1S/C23H28BrN3O5S/c1-25(2)13-4-14-26-15-21(23(29)32-3)27(16-22(26)28)33(30,31)20-11-7-18(8-12-20)17-5-9-19(24)10-6-17/h5-12,21H,4,13-16H2,1-3H3. The van der Waals surface area contributed by atoms with E-state index in [0.29, 0.717) is 6.54 Å². The van der Waals surface area contributed by atoms with Crippen LogP contribution in [0.1, 0.15) is 6.42 Å². The summed E-state index contributed by atoms with van der Waals surface area (Å²) in [6.07, 6.45) is 0.719. The maximum absolute atomic E-state index is 13.4. The van der Waals surface area contributed by atoms with E-state index in [2.05, 4.69) is 15.9 Å². The summed E-state index contributed by atoms with van der Waals surface area (Å²) in [5.41, 5.74) is 1.80. The van der Waals surface area contributed by atoms with Gasteiger partial charge in [0.15, 0.2) is 0 Å². The largest absolute Gasteiger partial charge is 0.468 e. The summed E-state index contributed by atoms with van der Waals surface area (Å²) in [5.74, 6) is -1.01. The van der Waals surface area contributed by atoms with E-state index >= 15 is 0 Å². The second-order valence-electron chi connectivity index (χ2n) is 8.12. The van der Waals surface area contributed by atoms with E-state index in [4.69, 9.17) is 4.74 Å². The molecule has 0 bridgehead atoms. The van der Waals surface area contributed by atoms with Crippen LogP contribution in [0.5, 0.6) is 0 Å². The molecule has 178 valence electrons. The molecule has 0 aliphatic carbocycles. The highest BCUT2D eigenvalue weighted by Gasteiger charge is 2.43. The third-order valence-electron chi connectivity index (χ3n) is 5.53. The number of nitrogens with zero attached hydrogens (tertiary/aromatic N) is 3.